The van der Waals surface area contributed by atoms with Gasteiger partial charge in [-0.05, 0) is 68.7 Å². The summed E-state index contributed by atoms with van der Waals surface area (Å²) < 4.78 is 0. The lowest BCUT2D eigenvalue weighted by molar-refractivity contribution is -0.0764. The number of fused-ring (bicyclic) bond motifs is 1. The minimum absolute atomic E-state index is 0.293. The van der Waals surface area contributed by atoms with E-state index in [1.54, 1.807) is 0 Å². The summed E-state index contributed by atoms with van der Waals surface area (Å²) in [5.74, 6) is 1.79. The summed E-state index contributed by atoms with van der Waals surface area (Å²) >= 11 is 0. The van der Waals surface area contributed by atoms with E-state index in [0.29, 0.717) is 11.0 Å². The molecule has 3 fully saturated rings. The van der Waals surface area contributed by atoms with Crippen molar-refractivity contribution in [3.63, 3.8) is 0 Å². The summed E-state index contributed by atoms with van der Waals surface area (Å²) in [4.78, 5) is 2.93. The van der Waals surface area contributed by atoms with Crippen molar-refractivity contribution in [2.24, 2.45) is 23.0 Å². The number of nitrogens with two attached hydrogens (primary N) is 1. The highest BCUT2D eigenvalue weighted by molar-refractivity contribution is 5.05. The summed E-state index contributed by atoms with van der Waals surface area (Å²) in [5, 5.41) is 0. The highest BCUT2D eigenvalue weighted by Gasteiger charge is 2.49. The molecule has 0 aromatic carbocycles. The van der Waals surface area contributed by atoms with Gasteiger partial charge in [-0.25, -0.2) is 0 Å². The van der Waals surface area contributed by atoms with Crippen molar-refractivity contribution >= 4 is 0 Å². The zero-order chi connectivity index (χ0) is 15.1. The summed E-state index contributed by atoms with van der Waals surface area (Å²) in [6.07, 6.45) is 12.7. The van der Waals surface area contributed by atoms with Crippen LogP contribution in [0.15, 0.2) is 0 Å². The lowest BCUT2D eigenvalue weighted by Crippen LogP contribution is -2.65. The molecule has 3 rings (SSSR count). The second kappa shape index (κ2) is 5.85. The maximum Gasteiger partial charge on any atom is 0.0342 e. The van der Waals surface area contributed by atoms with Gasteiger partial charge in [-0.15, -0.1) is 0 Å². The average molecular weight is 293 g/mol. The maximum atomic E-state index is 6.43. The van der Waals surface area contributed by atoms with E-state index < -0.39 is 0 Å². The lowest BCUT2D eigenvalue weighted by atomic mass is 9.62. The van der Waals surface area contributed by atoms with Crippen molar-refractivity contribution in [3.05, 3.63) is 0 Å². The molecule has 0 amide bonds. The minimum atomic E-state index is 0.293. The van der Waals surface area contributed by atoms with E-state index in [-0.39, 0.29) is 0 Å². The van der Waals surface area contributed by atoms with Gasteiger partial charge in [-0.3, -0.25) is 4.90 Å². The highest BCUT2D eigenvalue weighted by Crippen LogP contribution is 2.49. The molecular formula is C19H36N2. The molecule has 2 saturated carbocycles. The van der Waals surface area contributed by atoms with E-state index in [2.05, 4.69) is 25.7 Å². The molecule has 1 saturated heterocycles. The summed E-state index contributed by atoms with van der Waals surface area (Å²) in [5.41, 5.74) is 7.18. The SMILES string of the molecule is CC1CC(C)(C)CC(CN)(N2CCC[C@H]3CCCC[C@H]32)C1. The van der Waals surface area contributed by atoms with Crippen molar-refractivity contribution in [1.29, 1.82) is 0 Å². The summed E-state index contributed by atoms with van der Waals surface area (Å²) in [7, 11) is 0. The van der Waals surface area contributed by atoms with Crippen LogP contribution < -0.4 is 5.73 Å². The predicted molar refractivity (Wildman–Crippen MR) is 90.3 cm³/mol. The van der Waals surface area contributed by atoms with Crippen molar-refractivity contribution in [2.75, 3.05) is 13.1 Å². The van der Waals surface area contributed by atoms with E-state index >= 15 is 0 Å². The fourth-order valence-electron chi connectivity index (χ4n) is 6.40. The summed E-state index contributed by atoms with van der Waals surface area (Å²) in [6, 6.07) is 0.845. The van der Waals surface area contributed by atoms with E-state index in [1.165, 1.54) is 64.3 Å². The Morgan fingerprint density at radius 1 is 1.05 bits per heavy atom. The van der Waals surface area contributed by atoms with Crippen molar-refractivity contribution in [2.45, 2.75) is 90.1 Å². The molecule has 3 aliphatic rings. The van der Waals surface area contributed by atoms with Gasteiger partial charge in [0.15, 0.2) is 0 Å². The molecule has 2 aliphatic carbocycles. The van der Waals surface area contributed by atoms with Gasteiger partial charge in [-0.2, -0.15) is 0 Å². The van der Waals surface area contributed by atoms with Crippen molar-refractivity contribution < 1.29 is 0 Å². The Morgan fingerprint density at radius 2 is 1.76 bits per heavy atom. The van der Waals surface area contributed by atoms with Crippen LogP contribution in [-0.2, 0) is 0 Å². The predicted octanol–water partition coefficient (Wildman–Crippen LogP) is 4.18. The molecule has 2 N–H and O–H groups in total. The van der Waals surface area contributed by atoms with Crippen LogP contribution in [0.25, 0.3) is 0 Å². The largest absolute Gasteiger partial charge is 0.329 e. The molecule has 2 heteroatoms. The molecule has 1 heterocycles. The Kier molecular flexibility index (Phi) is 4.40. The molecule has 2 unspecified atom stereocenters. The number of nitrogens with zero attached hydrogens (tertiary/aromatic N) is 1. The van der Waals surface area contributed by atoms with Crippen LogP contribution in [0.3, 0.4) is 0 Å². The van der Waals surface area contributed by atoms with E-state index in [1.807, 2.05) is 0 Å². The molecule has 0 bridgehead atoms. The molecular weight excluding hydrogens is 256 g/mol. The van der Waals surface area contributed by atoms with Crippen LogP contribution in [0.1, 0.15) is 78.6 Å². The van der Waals surface area contributed by atoms with Gasteiger partial charge in [0.25, 0.3) is 0 Å². The van der Waals surface area contributed by atoms with Crippen LogP contribution in [0, 0.1) is 17.3 Å². The Hall–Kier alpha value is -0.0800. The Labute approximate surface area is 131 Å². The quantitative estimate of drug-likeness (QED) is 0.827. The first kappa shape index (κ1) is 15.8. The third-order valence-corrected chi connectivity index (χ3v) is 6.67. The number of piperidine rings is 1. The van der Waals surface area contributed by atoms with Crippen LogP contribution in [0.2, 0.25) is 0 Å². The van der Waals surface area contributed by atoms with Crippen LogP contribution in [0.4, 0.5) is 0 Å². The zero-order valence-electron chi connectivity index (χ0n) is 14.5. The molecule has 122 valence electrons. The molecule has 0 spiro atoms. The second-order valence-electron chi connectivity index (χ2n) is 9.23. The first-order valence-corrected chi connectivity index (χ1v) is 9.43. The van der Waals surface area contributed by atoms with Crippen LogP contribution in [0.5, 0.6) is 0 Å². The lowest BCUT2D eigenvalue weighted by Gasteiger charge is -2.58. The second-order valence-corrected chi connectivity index (χ2v) is 9.23. The Morgan fingerprint density at radius 3 is 2.48 bits per heavy atom. The van der Waals surface area contributed by atoms with Gasteiger partial charge in [-0.1, -0.05) is 33.6 Å². The minimum Gasteiger partial charge on any atom is -0.329 e. The number of rotatable bonds is 2. The third kappa shape index (κ3) is 3.03. The van der Waals surface area contributed by atoms with Gasteiger partial charge < -0.3 is 5.73 Å². The fourth-order valence-corrected chi connectivity index (χ4v) is 6.40. The van der Waals surface area contributed by atoms with E-state index in [9.17, 15) is 0 Å². The van der Waals surface area contributed by atoms with Gasteiger partial charge in [0.05, 0.1) is 0 Å². The zero-order valence-corrected chi connectivity index (χ0v) is 14.5. The number of hydrogen-bond acceptors (Lipinski definition) is 2. The van der Waals surface area contributed by atoms with Crippen LogP contribution >= 0.6 is 0 Å². The van der Waals surface area contributed by atoms with Crippen molar-refractivity contribution in [1.82, 2.24) is 4.90 Å². The van der Waals surface area contributed by atoms with Gasteiger partial charge in [0.1, 0.15) is 0 Å². The Balaban J connectivity index is 1.86. The summed E-state index contributed by atoms with van der Waals surface area (Å²) in [6.45, 7) is 9.56. The fraction of sp³-hybridized carbons (Fsp3) is 1.00. The number of likely N-dealkylation sites (tertiary alicyclic amines) is 1. The van der Waals surface area contributed by atoms with Crippen molar-refractivity contribution in [3.8, 4) is 0 Å². The average Bonchev–Trinajstić information content (AvgIpc) is 2.44. The number of hydrogen-bond donors (Lipinski definition) is 1. The molecule has 0 aromatic heterocycles. The maximum absolute atomic E-state index is 6.43. The molecule has 2 nitrogen and oxygen atoms in total. The molecule has 21 heavy (non-hydrogen) atoms. The monoisotopic (exact) mass is 292 g/mol. The van der Waals surface area contributed by atoms with Gasteiger partial charge >= 0.3 is 0 Å². The molecule has 0 radical (unpaired) electrons. The first-order chi connectivity index (χ1) is 9.96. The normalized spacial score (nSPS) is 44.3. The highest BCUT2D eigenvalue weighted by atomic mass is 15.3. The van der Waals surface area contributed by atoms with Gasteiger partial charge in [0.2, 0.25) is 0 Å². The van der Waals surface area contributed by atoms with E-state index in [0.717, 1.165) is 24.4 Å². The standard InChI is InChI=1S/C19H36N2/c1-15-11-18(2,3)13-19(12-15,14-20)21-10-6-8-16-7-4-5-9-17(16)21/h15-17H,4-14,20H2,1-3H3/t15?,16-,17-,19?/m1/s1. The van der Waals surface area contributed by atoms with E-state index in [4.69, 9.17) is 5.73 Å². The Bertz CT molecular complexity index is 363. The van der Waals surface area contributed by atoms with Gasteiger partial charge in [0, 0.05) is 18.1 Å². The smallest absolute Gasteiger partial charge is 0.0342 e. The topological polar surface area (TPSA) is 29.3 Å². The van der Waals surface area contributed by atoms with Crippen LogP contribution in [-0.4, -0.2) is 29.6 Å². The first-order valence-electron chi connectivity index (χ1n) is 9.43. The molecule has 0 aromatic rings. The molecule has 1 aliphatic heterocycles. The third-order valence-electron chi connectivity index (χ3n) is 6.67. The molecule has 4 atom stereocenters.